The van der Waals surface area contributed by atoms with E-state index in [4.69, 9.17) is 4.74 Å². The molecule has 0 bridgehead atoms. The van der Waals surface area contributed by atoms with E-state index in [-0.39, 0.29) is 29.4 Å². The summed E-state index contributed by atoms with van der Waals surface area (Å²) in [6, 6.07) is 7.49. The van der Waals surface area contributed by atoms with Crippen molar-refractivity contribution in [1.82, 2.24) is 4.90 Å². The molecule has 1 unspecified atom stereocenters. The van der Waals surface area contributed by atoms with Crippen LogP contribution in [0.1, 0.15) is 45.6 Å². The van der Waals surface area contributed by atoms with E-state index < -0.39 is 9.84 Å². The fourth-order valence-electron chi connectivity index (χ4n) is 3.02. The van der Waals surface area contributed by atoms with Gasteiger partial charge in [-0.15, -0.1) is 0 Å². The minimum atomic E-state index is -3.03. The van der Waals surface area contributed by atoms with Crippen molar-refractivity contribution in [3.05, 3.63) is 29.8 Å². The normalized spacial score (nSPS) is 19.1. The van der Waals surface area contributed by atoms with Gasteiger partial charge in [0, 0.05) is 19.0 Å². The summed E-state index contributed by atoms with van der Waals surface area (Å²) >= 11 is 0. The molecule has 1 aromatic rings. The van der Waals surface area contributed by atoms with Crippen LogP contribution in [-0.4, -0.2) is 43.4 Å². The van der Waals surface area contributed by atoms with E-state index in [0.29, 0.717) is 26.0 Å². The van der Waals surface area contributed by atoms with E-state index in [2.05, 4.69) is 6.92 Å². The maximum atomic E-state index is 12.7. The topological polar surface area (TPSA) is 63.7 Å². The minimum absolute atomic E-state index is 0.0309. The molecule has 1 amide bonds. The lowest BCUT2D eigenvalue weighted by Gasteiger charge is -2.29. The molecule has 140 valence electrons. The molecule has 1 atom stereocenters. The summed E-state index contributed by atoms with van der Waals surface area (Å²) in [7, 11) is -3.03. The predicted octanol–water partition coefficient (Wildman–Crippen LogP) is 3.04. The van der Waals surface area contributed by atoms with Crippen LogP contribution in [0.5, 0.6) is 5.75 Å². The number of nitrogens with zero attached hydrogens (tertiary/aromatic N) is 1. The molecule has 1 aliphatic heterocycles. The SMILES string of the molecule is CCCOc1ccc(CN(C(=O)CC(C)C)C2CCS(=O)(=O)C2)cc1. The quantitative estimate of drug-likeness (QED) is 0.708. The van der Waals surface area contributed by atoms with Crippen LogP contribution in [0.2, 0.25) is 0 Å². The summed E-state index contributed by atoms with van der Waals surface area (Å²) in [5.41, 5.74) is 0.991. The summed E-state index contributed by atoms with van der Waals surface area (Å²) in [5.74, 6) is 1.34. The number of hydrogen-bond acceptors (Lipinski definition) is 4. The Kier molecular flexibility index (Phi) is 6.87. The van der Waals surface area contributed by atoms with Crippen LogP contribution >= 0.6 is 0 Å². The number of amides is 1. The molecule has 0 aliphatic carbocycles. The van der Waals surface area contributed by atoms with Crippen molar-refractivity contribution in [3.8, 4) is 5.75 Å². The largest absolute Gasteiger partial charge is 0.494 e. The molecule has 5 nitrogen and oxygen atoms in total. The van der Waals surface area contributed by atoms with Gasteiger partial charge in [-0.25, -0.2) is 8.42 Å². The Labute approximate surface area is 151 Å². The first kappa shape index (κ1) is 19.8. The number of sulfone groups is 1. The van der Waals surface area contributed by atoms with Crippen molar-refractivity contribution in [2.75, 3.05) is 18.1 Å². The van der Waals surface area contributed by atoms with E-state index in [1.807, 2.05) is 38.1 Å². The Hall–Kier alpha value is -1.56. The smallest absolute Gasteiger partial charge is 0.223 e. The van der Waals surface area contributed by atoms with Crippen molar-refractivity contribution < 1.29 is 17.9 Å². The molecule has 6 heteroatoms. The molecular formula is C19H29NO4S. The van der Waals surface area contributed by atoms with Gasteiger partial charge in [-0.2, -0.15) is 0 Å². The van der Waals surface area contributed by atoms with Crippen LogP contribution in [0.25, 0.3) is 0 Å². The fraction of sp³-hybridized carbons (Fsp3) is 0.632. The van der Waals surface area contributed by atoms with Gasteiger partial charge in [-0.3, -0.25) is 4.79 Å². The average Bonchev–Trinajstić information content (AvgIpc) is 2.90. The maximum absolute atomic E-state index is 12.7. The van der Waals surface area contributed by atoms with Crippen molar-refractivity contribution in [3.63, 3.8) is 0 Å². The lowest BCUT2D eigenvalue weighted by Crippen LogP contribution is -2.41. The standard InChI is InChI=1S/C19H29NO4S/c1-4-10-24-18-7-5-16(6-8-18)13-20(19(21)12-15(2)3)17-9-11-25(22,23)14-17/h5-8,15,17H,4,9-14H2,1-3H3. The second-order valence-electron chi connectivity index (χ2n) is 7.17. The van der Waals surface area contributed by atoms with Gasteiger partial charge in [0.25, 0.3) is 0 Å². The highest BCUT2D eigenvalue weighted by atomic mass is 32.2. The molecule has 1 fully saturated rings. The van der Waals surface area contributed by atoms with E-state index in [1.54, 1.807) is 4.90 Å². The van der Waals surface area contributed by atoms with Gasteiger partial charge in [-0.05, 0) is 36.5 Å². The lowest BCUT2D eigenvalue weighted by molar-refractivity contribution is -0.134. The zero-order valence-corrected chi connectivity index (χ0v) is 16.2. The third kappa shape index (κ3) is 6.03. The van der Waals surface area contributed by atoms with Gasteiger partial charge in [-0.1, -0.05) is 32.9 Å². The molecule has 0 N–H and O–H groups in total. The summed E-state index contributed by atoms with van der Waals surface area (Å²) in [6.07, 6.45) is 1.92. The Morgan fingerprint density at radius 1 is 1.28 bits per heavy atom. The van der Waals surface area contributed by atoms with Gasteiger partial charge in [0.05, 0.1) is 18.1 Å². The Morgan fingerprint density at radius 2 is 1.96 bits per heavy atom. The molecule has 0 aromatic heterocycles. The molecule has 2 rings (SSSR count). The maximum Gasteiger partial charge on any atom is 0.223 e. The molecular weight excluding hydrogens is 338 g/mol. The summed E-state index contributed by atoms with van der Waals surface area (Å²) in [4.78, 5) is 14.4. The zero-order chi connectivity index (χ0) is 18.4. The highest BCUT2D eigenvalue weighted by Crippen LogP contribution is 2.23. The molecule has 0 radical (unpaired) electrons. The van der Waals surface area contributed by atoms with Crippen molar-refractivity contribution in [2.45, 2.75) is 52.6 Å². The van der Waals surface area contributed by atoms with Gasteiger partial charge in [0.1, 0.15) is 5.75 Å². The molecule has 1 aromatic carbocycles. The van der Waals surface area contributed by atoms with E-state index in [9.17, 15) is 13.2 Å². The van der Waals surface area contributed by atoms with Gasteiger partial charge in [0.15, 0.2) is 9.84 Å². The molecule has 1 saturated heterocycles. The first-order valence-electron chi connectivity index (χ1n) is 9.02. The Morgan fingerprint density at radius 3 is 2.48 bits per heavy atom. The fourth-order valence-corrected chi connectivity index (χ4v) is 4.75. The molecule has 0 spiro atoms. The van der Waals surface area contributed by atoms with Crippen LogP contribution in [0.4, 0.5) is 0 Å². The molecule has 25 heavy (non-hydrogen) atoms. The zero-order valence-electron chi connectivity index (χ0n) is 15.4. The number of rotatable bonds is 8. The van der Waals surface area contributed by atoms with Crippen LogP contribution in [0.3, 0.4) is 0 Å². The summed E-state index contributed by atoms with van der Waals surface area (Å²) in [6.45, 7) is 7.18. The first-order chi connectivity index (χ1) is 11.8. The van der Waals surface area contributed by atoms with Crippen molar-refractivity contribution in [1.29, 1.82) is 0 Å². The second kappa shape index (κ2) is 8.70. The summed E-state index contributed by atoms with van der Waals surface area (Å²) in [5, 5.41) is 0. The number of carbonyl (C=O) groups is 1. The number of carbonyl (C=O) groups excluding carboxylic acids is 1. The van der Waals surface area contributed by atoms with Crippen LogP contribution < -0.4 is 4.74 Å². The molecule has 0 saturated carbocycles. The number of ether oxygens (including phenoxy) is 1. The Bertz CT molecular complexity index is 667. The van der Waals surface area contributed by atoms with Gasteiger partial charge >= 0.3 is 0 Å². The third-order valence-electron chi connectivity index (χ3n) is 4.30. The third-order valence-corrected chi connectivity index (χ3v) is 6.05. The predicted molar refractivity (Wildman–Crippen MR) is 99.3 cm³/mol. The van der Waals surface area contributed by atoms with Crippen LogP contribution in [0, 0.1) is 5.92 Å². The monoisotopic (exact) mass is 367 g/mol. The number of benzene rings is 1. The first-order valence-corrected chi connectivity index (χ1v) is 10.8. The molecule has 1 heterocycles. The van der Waals surface area contributed by atoms with Gasteiger partial charge < -0.3 is 9.64 Å². The van der Waals surface area contributed by atoms with E-state index in [0.717, 1.165) is 17.7 Å². The molecule has 1 aliphatic rings. The van der Waals surface area contributed by atoms with Crippen LogP contribution in [-0.2, 0) is 21.2 Å². The summed E-state index contributed by atoms with van der Waals surface area (Å²) < 4.78 is 29.2. The van der Waals surface area contributed by atoms with Crippen LogP contribution in [0.15, 0.2) is 24.3 Å². The van der Waals surface area contributed by atoms with E-state index >= 15 is 0 Å². The second-order valence-corrected chi connectivity index (χ2v) is 9.40. The van der Waals surface area contributed by atoms with Crippen molar-refractivity contribution >= 4 is 15.7 Å². The van der Waals surface area contributed by atoms with Crippen molar-refractivity contribution in [2.24, 2.45) is 5.92 Å². The number of hydrogen-bond donors (Lipinski definition) is 0. The average molecular weight is 368 g/mol. The highest BCUT2D eigenvalue weighted by Gasteiger charge is 2.34. The minimum Gasteiger partial charge on any atom is -0.494 e. The van der Waals surface area contributed by atoms with Gasteiger partial charge in [0.2, 0.25) is 5.91 Å². The van der Waals surface area contributed by atoms with E-state index in [1.165, 1.54) is 0 Å². The Balaban J connectivity index is 2.11. The lowest BCUT2D eigenvalue weighted by atomic mass is 10.1. The highest BCUT2D eigenvalue weighted by molar-refractivity contribution is 7.91.